The normalized spacial score (nSPS) is 18.3. The number of ether oxygens (including phenoxy) is 1. The van der Waals surface area contributed by atoms with Gasteiger partial charge in [0, 0.05) is 18.3 Å². The zero-order valence-corrected chi connectivity index (χ0v) is 13.6. The topological polar surface area (TPSA) is 55.3 Å². The average Bonchev–Trinajstić information content (AvgIpc) is 3.00. The summed E-state index contributed by atoms with van der Waals surface area (Å²) in [5, 5.41) is 1.93. The van der Waals surface area contributed by atoms with Crippen molar-refractivity contribution in [3.8, 4) is 5.88 Å². The van der Waals surface area contributed by atoms with E-state index in [4.69, 9.17) is 4.74 Å². The molecule has 0 spiro atoms. The summed E-state index contributed by atoms with van der Waals surface area (Å²) in [7, 11) is 0. The molecule has 2 aromatic rings. The van der Waals surface area contributed by atoms with E-state index in [1.165, 1.54) is 11.3 Å². The molecule has 3 heterocycles. The highest BCUT2D eigenvalue weighted by atomic mass is 32.1. The van der Waals surface area contributed by atoms with Crippen LogP contribution in [-0.2, 0) is 0 Å². The number of hydrogen-bond donors (Lipinski definition) is 0. The molecule has 2 aromatic heterocycles. The summed E-state index contributed by atoms with van der Waals surface area (Å²) in [4.78, 5) is 23.6. The number of aromatic nitrogens is 2. The van der Waals surface area contributed by atoms with E-state index in [0.717, 1.165) is 30.0 Å². The standard InChI is InChI=1S/C16H19N3O2S/c1-11-9-15(18-12(2)17-11)21-13-5-3-7-19(10-13)16(20)14-6-4-8-22-14/h4,6,8-9,13H,3,5,7,10H2,1-2H3/t13-/m0/s1. The number of rotatable bonds is 3. The van der Waals surface area contributed by atoms with Crippen molar-refractivity contribution in [3.63, 3.8) is 0 Å². The number of piperidine rings is 1. The molecule has 0 radical (unpaired) electrons. The van der Waals surface area contributed by atoms with Gasteiger partial charge in [0.2, 0.25) is 5.88 Å². The summed E-state index contributed by atoms with van der Waals surface area (Å²) < 4.78 is 5.97. The van der Waals surface area contributed by atoms with Crippen molar-refractivity contribution in [1.82, 2.24) is 14.9 Å². The fourth-order valence-electron chi connectivity index (χ4n) is 2.69. The van der Waals surface area contributed by atoms with Crippen LogP contribution in [0.25, 0.3) is 0 Å². The molecule has 116 valence electrons. The molecule has 1 aliphatic rings. The van der Waals surface area contributed by atoms with Crippen LogP contribution in [0.2, 0.25) is 0 Å². The molecule has 1 aliphatic heterocycles. The van der Waals surface area contributed by atoms with Crippen molar-refractivity contribution in [2.45, 2.75) is 32.8 Å². The predicted octanol–water partition coefficient (Wildman–Crippen LogP) is 2.84. The predicted molar refractivity (Wildman–Crippen MR) is 85.4 cm³/mol. The first-order valence-corrected chi connectivity index (χ1v) is 8.31. The third-order valence-corrected chi connectivity index (χ3v) is 4.49. The van der Waals surface area contributed by atoms with E-state index in [1.54, 1.807) is 0 Å². The minimum Gasteiger partial charge on any atom is -0.472 e. The first-order chi connectivity index (χ1) is 10.6. The highest BCUT2D eigenvalue weighted by Gasteiger charge is 2.26. The summed E-state index contributed by atoms with van der Waals surface area (Å²) in [5.41, 5.74) is 0.893. The Bertz CT molecular complexity index is 637. The van der Waals surface area contributed by atoms with E-state index in [1.807, 2.05) is 42.3 Å². The van der Waals surface area contributed by atoms with Gasteiger partial charge >= 0.3 is 0 Å². The van der Waals surface area contributed by atoms with Gasteiger partial charge in [0.1, 0.15) is 11.9 Å². The maximum Gasteiger partial charge on any atom is 0.264 e. The van der Waals surface area contributed by atoms with Crippen molar-refractivity contribution < 1.29 is 9.53 Å². The molecular formula is C16H19N3O2S. The Kier molecular flexibility index (Phi) is 4.38. The number of carbonyl (C=O) groups excluding carboxylic acids is 1. The van der Waals surface area contributed by atoms with Gasteiger partial charge in [-0.15, -0.1) is 11.3 Å². The Morgan fingerprint density at radius 1 is 1.41 bits per heavy atom. The molecule has 1 atom stereocenters. The monoisotopic (exact) mass is 317 g/mol. The second kappa shape index (κ2) is 6.44. The van der Waals surface area contributed by atoms with Crippen molar-refractivity contribution in [2.75, 3.05) is 13.1 Å². The number of carbonyl (C=O) groups is 1. The molecule has 22 heavy (non-hydrogen) atoms. The quantitative estimate of drug-likeness (QED) is 0.873. The summed E-state index contributed by atoms with van der Waals surface area (Å²) in [6, 6.07) is 5.61. The molecule has 0 saturated carbocycles. The second-order valence-electron chi connectivity index (χ2n) is 5.51. The van der Waals surface area contributed by atoms with E-state index in [-0.39, 0.29) is 12.0 Å². The third kappa shape index (κ3) is 3.44. The number of aryl methyl sites for hydroxylation is 2. The summed E-state index contributed by atoms with van der Waals surface area (Å²) in [5.74, 6) is 1.40. The van der Waals surface area contributed by atoms with Crippen molar-refractivity contribution in [3.05, 3.63) is 40.0 Å². The molecule has 0 N–H and O–H groups in total. The maximum absolute atomic E-state index is 12.4. The molecule has 0 aromatic carbocycles. The lowest BCUT2D eigenvalue weighted by Crippen LogP contribution is -2.44. The van der Waals surface area contributed by atoms with Gasteiger partial charge in [0.25, 0.3) is 5.91 Å². The number of nitrogens with zero attached hydrogens (tertiary/aromatic N) is 3. The van der Waals surface area contributed by atoms with E-state index in [9.17, 15) is 4.79 Å². The molecule has 6 heteroatoms. The first kappa shape index (κ1) is 15.0. The van der Waals surface area contributed by atoms with Gasteiger partial charge in [-0.1, -0.05) is 6.07 Å². The van der Waals surface area contributed by atoms with Crippen LogP contribution in [0.3, 0.4) is 0 Å². The lowest BCUT2D eigenvalue weighted by atomic mass is 10.1. The number of thiophene rings is 1. The van der Waals surface area contributed by atoms with Crippen LogP contribution in [0.15, 0.2) is 23.6 Å². The highest BCUT2D eigenvalue weighted by Crippen LogP contribution is 2.20. The van der Waals surface area contributed by atoms with E-state index in [0.29, 0.717) is 18.2 Å². The van der Waals surface area contributed by atoms with Crippen LogP contribution < -0.4 is 4.74 Å². The number of hydrogen-bond acceptors (Lipinski definition) is 5. The fraction of sp³-hybridized carbons (Fsp3) is 0.438. The van der Waals surface area contributed by atoms with Crippen molar-refractivity contribution in [2.24, 2.45) is 0 Å². The highest BCUT2D eigenvalue weighted by molar-refractivity contribution is 7.12. The van der Waals surface area contributed by atoms with Crippen LogP contribution in [0.1, 0.15) is 34.0 Å². The first-order valence-electron chi connectivity index (χ1n) is 7.43. The molecule has 3 rings (SSSR count). The van der Waals surface area contributed by atoms with Crippen LogP contribution in [-0.4, -0.2) is 40.0 Å². The van der Waals surface area contributed by atoms with Gasteiger partial charge < -0.3 is 9.64 Å². The summed E-state index contributed by atoms with van der Waals surface area (Å²) in [6.45, 7) is 5.18. The molecule has 0 bridgehead atoms. The van der Waals surface area contributed by atoms with Gasteiger partial charge in [-0.2, -0.15) is 4.98 Å². The molecule has 1 fully saturated rings. The zero-order chi connectivity index (χ0) is 15.5. The van der Waals surface area contributed by atoms with Crippen LogP contribution in [0.4, 0.5) is 0 Å². The van der Waals surface area contributed by atoms with Crippen LogP contribution in [0.5, 0.6) is 5.88 Å². The number of amides is 1. The molecule has 1 amide bonds. The Morgan fingerprint density at radius 2 is 2.27 bits per heavy atom. The van der Waals surface area contributed by atoms with Gasteiger partial charge in [0.15, 0.2) is 0 Å². The lowest BCUT2D eigenvalue weighted by molar-refractivity contribution is 0.0531. The minimum atomic E-state index is -0.00800. The Morgan fingerprint density at radius 3 is 3.00 bits per heavy atom. The van der Waals surface area contributed by atoms with Crippen molar-refractivity contribution in [1.29, 1.82) is 0 Å². The van der Waals surface area contributed by atoms with Gasteiger partial charge in [-0.05, 0) is 38.1 Å². The molecular weight excluding hydrogens is 298 g/mol. The minimum absolute atomic E-state index is 0.00800. The largest absolute Gasteiger partial charge is 0.472 e. The Balaban J connectivity index is 1.66. The summed E-state index contributed by atoms with van der Waals surface area (Å²) in [6.07, 6.45) is 1.88. The van der Waals surface area contributed by atoms with E-state index < -0.39 is 0 Å². The van der Waals surface area contributed by atoms with E-state index in [2.05, 4.69) is 9.97 Å². The van der Waals surface area contributed by atoms with Crippen LogP contribution in [0, 0.1) is 13.8 Å². The van der Waals surface area contributed by atoms with Crippen LogP contribution >= 0.6 is 11.3 Å². The fourth-order valence-corrected chi connectivity index (χ4v) is 3.38. The average molecular weight is 317 g/mol. The molecule has 0 aliphatic carbocycles. The smallest absolute Gasteiger partial charge is 0.264 e. The summed E-state index contributed by atoms with van der Waals surface area (Å²) >= 11 is 1.48. The lowest BCUT2D eigenvalue weighted by Gasteiger charge is -2.32. The van der Waals surface area contributed by atoms with Gasteiger partial charge in [-0.3, -0.25) is 4.79 Å². The Hall–Kier alpha value is -1.95. The molecule has 5 nitrogen and oxygen atoms in total. The van der Waals surface area contributed by atoms with Crippen molar-refractivity contribution >= 4 is 17.2 Å². The molecule has 0 unspecified atom stereocenters. The zero-order valence-electron chi connectivity index (χ0n) is 12.8. The molecule has 1 saturated heterocycles. The SMILES string of the molecule is Cc1cc(O[C@H]2CCCN(C(=O)c3cccs3)C2)nc(C)n1. The van der Waals surface area contributed by atoms with Gasteiger partial charge in [-0.25, -0.2) is 4.98 Å². The Labute approximate surface area is 134 Å². The number of likely N-dealkylation sites (tertiary alicyclic amines) is 1. The third-order valence-electron chi connectivity index (χ3n) is 3.63. The van der Waals surface area contributed by atoms with E-state index >= 15 is 0 Å². The second-order valence-corrected chi connectivity index (χ2v) is 6.45. The maximum atomic E-state index is 12.4. The van der Waals surface area contributed by atoms with Gasteiger partial charge in [0.05, 0.1) is 11.4 Å².